The second kappa shape index (κ2) is 5.43. The van der Waals surface area contributed by atoms with Crippen LogP contribution in [0, 0.1) is 0 Å². The van der Waals surface area contributed by atoms with E-state index in [1.807, 2.05) is 5.38 Å². The molecule has 0 radical (unpaired) electrons. The summed E-state index contributed by atoms with van der Waals surface area (Å²) in [5.41, 5.74) is 7.64. The summed E-state index contributed by atoms with van der Waals surface area (Å²) in [6, 6.07) is 0.913. The molecule has 2 rings (SSSR count). The third-order valence-electron chi connectivity index (χ3n) is 2.41. The van der Waals surface area contributed by atoms with Crippen molar-refractivity contribution in [3.63, 3.8) is 0 Å². The maximum absolute atomic E-state index is 12.5. The molecule has 0 amide bonds. The molecule has 2 aromatic rings. The normalized spacial score (nSPS) is 11.5. The molecule has 0 saturated heterocycles. The van der Waals surface area contributed by atoms with Gasteiger partial charge < -0.3 is 11.1 Å². The fourth-order valence-corrected chi connectivity index (χ4v) is 2.05. The zero-order valence-corrected chi connectivity index (χ0v) is 10.6. The van der Waals surface area contributed by atoms with Crippen LogP contribution in [-0.4, -0.2) is 16.5 Å². The van der Waals surface area contributed by atoms with E-state index >= 15 is 0 Å². The molecule has 0 unspecified atom stereocenters. The van der Waals surface area contributed by atoms with Crippen LogP contribution in [0.4, 0.5) is 24.5 Å². The lowest BCUT2D eigenvalue weighted by Gasteiger charge is -2.11. The first-order valence-corrected chi connectivity index (χ1v) is 6.35. The standard InChI is InChI=1S/C11H11F3N4S/c12-11(13,14)10-3-9(8(15)4-17-10)16-2-1-7-5-19-6-18-7/h3-6H,1-2,15H2,(H,16,17). The Morgan fingerprint density at radius 2 is 2.11 bits per heavy atom. The summed E-state index contributed by atoms with van der Waals surface area (Å²) < 4.78 is 37.5. The number of anilines is 2. The largest absolute Gasteiger partial charge is 0.433 e. The molecule has 2 heterocycles. The van der Waals surface area contributed by atoms with Crippen molar-refractivity contribution in [3.05, 3.63) is 34.5 Å². The van der Waals surface area contributed by atoms with Crippen molar-refractivity contribution >= 4 is 22.7 Å². The van der Waals surface area contributed by atoms with Gasteiger partial charge in [0.2, 0.25) is 0 Å². The summed E-state index contributed by atoms with van der Waals surface area (Å²) in [5.74, 6) is 0. The van der Waals surface area contributed by atoms with Gasteiger partial charge in [-0.2, -0.15) is 13.2 Å². The zero-order chi connectivity index (χ0) is 13.9. The van der Waals surface area contributed by atoms with E-state index in [1.165, 1.54) is 11.3 Å². The fourth-order valence-electron chi connectivity index (χ4n) is 1.46. The van der Waals surface area contributed by atoms with Gasteiger partial charge in [0, 0.05) is 18.3 Å². The van der Waals surface area contributed by atoms with Gasteiger partial charge in [-0.25, -0.2) is 9.97 Å². The van der Waals surface area contributed by atoms with Gasteiger partial charge in [0.05, 0.1) is 28.8 Å². The molecule has 2 aromatic heterocycles. The van der Waals surface area contributed by atoms with Gasteiger partial charge >= 0.3 is 6.18 Å². The van der Waals surface area contributed by atoms with Crippen molar-refractivity contribution in [2.24, 2.45) is 0 Å². The number of rotatable bonds is 4. The Kier molecular flexibility index (Phi) is 3.89. The predicted molar refractivity (Wildman–Crippen MR) is 68.0 cm³/mol. The molecule has 0 saturated carbocycles. The van der Waals surface area contributed by atoms with Crippen molar-refractivity contribution in [1.29, 1.82) is 0 Å². The minimum absolute atomic E-state index is 0.186. The van der Waals surface area contributed by atoms with E-state index in [-0.39, 0.29) is 11.4 Å². The van der Waals surface area contributed by atoms with E-state index in [1.54, 1.807) is 5.51 Å². The lowest BCUT2D eigenvalue weighted by Crippen LogP contribution is -2.12. The summed E-state index contributed by atoms with van der Waals surface area (Å²) in [6.07, 6.45) is -2.85. The number of halogens is 3. The maximum atomic E-state index is 12.5. The van der Waals surface area contributed by atoms with Crippen LogP contribution in [0.2, 0.25) is 0 Å². The van der Waals surface area contributed by atoms with Crippen LogP contribution in [0.1, 0.15) is 11.4 Å². The Balaban J connectivity index is 2.03. The van der Waals surface area contributed by atoms with E-state index in [9.17, 15) is 13.2 Å². The van der Waals surface area contributed by atoms with Gasteiger partial charge in [-0.1, -0.05) is 0 Å². The summed E-state index contributed by atoms with van der Waals surface area (Å²) in [6.45, 7) is 0.454. The Hall–Kier alpha value is -1.83. The monoisotopic (exact) mass is 288 g/mol. The van der Waals surface area contributed by atoms with Crippen LogP contribution in [0.5, 0.6) is 0 Å². The average molecular weight is 288 g/mol. The number of aromatic nitrogens is 2. The molecule has 0 aliphatic rings. The number of pyridine rings is 1. The van der Waals surface area contributed by atoms with Crippen LogP contribution in [0.15, 0.2) is 23.2 Å². The van der Waals surface area contributed by atoms with Crippen molar-refractivity contribution < 1.29 is 13.2 Å². The molecule has 0 bridgehead atoms. The third-order valence-corrected chi connectivity index (χ3v) is 3.04. The SMILES string of the molecule is Nc1cnc(C(F)(F)F)cc1NCCc1cscn1. The van der Waals surface area contributed by atoms with Crippen molar-refractivity contribution in [3.8, 4) is 0 Å². The Bertz CT molecular complexity index is 539. The number of nitrogens with one attached hydrogen (secondary N) is 1. The first kappa shape index (κ1) is 13.6. The average Bonchev–Trinajstić information content (AvgIpc) is 2.83. The molecular weight excluding hydrogens is 277 g/mol. The number of alkyl halides is 3. The van der Waals surface area contributed by atoms with Crippen LogP contribution >= 0.6 is 11.3 Å². The van der Waals surface area contributed by atoms with Gasteiger partial charge in [0.1, 0.15) is 5.69 Å². The first-order chi connectivity index (χ1) is 8.97. The van der Waals surface area contributed by atoms with Gasteiger partial charge in [0.25, 0.3) is 0 Å². The zero-order valence-electron chi connectivity index (χ0n) is 9.74. The highest BCUT2D eigenvalue weighted by molar-refractivity contribution is 7.07. The summed E-state index contributed by atoms with van der Waals surface area (Å²) in [4.78, 5) is 7.35. The van der Waals surface area contributed by atoms with Crippen LogP contribution in [-0.2, 0) is 12.6 Å². The highest BCUT2D eigenvalue weighted by atomic mass is 32.1. The van der Waals surface area contributed by atoms with E-state index in [4.69, 9.17) is 5.73 Å². The molecule has 102 valence electrons. The van der Waals surface area contributed by atoms with Gasteiger partial charge in [-0.15, -0.1) is 11.3 Å². The second-order valence-electron chi connectivity index (χ2n) is 3.81. The van der Waals surface area contributed by atoms with Gasteiger partial charge in [-0.05, 0) is 6.07 Å². The number of hydrogen-bond acceptors (Lipinski definition) is 5. The van der Waals surface area contributed by atoms with E-state index < -0.39 is 11.9 Å². The summed E-state index contributed by atoms with van der Waals surface area (Å²) >= 11 is 1.47. The molecule has 0 spiro atoms. The quantitative estimate of drug-likeness (QED) is 0.908. The minimum atomic E-state index is -4.47. The highest BCUT2D eigenvalue weighted by Gasteiger charge is 2.32. The molecule has 0 aromatic carbocycles. The number of nitrogen functional groups attached to an aromatic ring is 1. The summed E-state index contributed by atoms with van der Waals surface area (Å²) in [5, 5.41) is 4.75. The Labute approximate surface area is 111 Å². The van der Waals surface area contributed by atoms with Gasteiger partial charge in [-0.3, -0.25) is 0 Å². The molecule has 4 nitrogen and oxygen atoms in total. The lowest BCUT2D eigenvalue weighted by atomic mass is 10.2. The molecular formula is C11H11F3N4S. The number of nitrogens with two attached hydrogens (primary N) is 1. The minimum Gasteiger partial charge on any atom is -0.396 e. The van der Waals surface area contributed by atoms with Crippen molar-refractivity contribution in [2.45, 2.75) is 12.6 Å². The van der Waals surface area contributed by atoms with Crippen molar-refractivity contribution in [1.82, 2.24) is 9.97 Å². The van der Waals surface area contributed by atoms with Gasteiger partial charge in [0.15, 0.2) is 0 Å². The van der Waals surface area contributed by atoms with Crippen LogP contribution in [0.3, 0.4) is 0 Å². The fraction of sp³-hybridized carbons (Fsp3) is 0.273. The van der Waals surface area contributed by atoms with Crippen LogP contribution < -0.4 is 11.1 Å². The first-order valence-electron chi connectivity index (χ1n) is 5.40. The lowest BCUT2D eigenvalue weighted by molar-refractivity contribution is -0.141. The molecule has 3 N–H and O–H groups in total. The number of thiazole rings is 1. The third kappa shape index (κ3) is 3.57. The van der Waals surface area contributed by atoms with Crippen LogP contribution in [0.25, 0.3) is 0 Å². The molecule has 0 fully saturated rings. The second-order valence-corrected chi connectivity index (χ2v) is 4.53. The molecule has 19 heavy (non-hydrogen) atoms. The van der Waals surface area contributed by atoms with E-state index in [0.717, 1.165) is 18.0 Å². The molecule has 8 heteroatoms. The number of nitrogens with zero attached hydrogens (tertiary/aromatic N) is 2. The topological polar surface area (TPSA) is 63.8 Å². The summed E-state index contributed by atoms with van der Waals surface area (Å²) in [7, 11) is 0. The van der Waals surface area contributed by atoms with Crippen molar-refractivity contribution in [2.75, 3.05) is 17.6 Å². The highest BCUT2D eigenvalue weighted by Crippen LogP contribution is 2.30. The molecule has 0 aliphatic heterocycles. The maximum Gasteiger partial charge on any atom is 0.433 e. The smallest absolute Gasteiger partial charge is 0.396 e. The molecule has 0 atom stereocenters. The Morgan fingerprint density at radius 1 is 1.32 bits per heavy atom. The predicted octanol–water partition coefficient (Wildman–Crippen LogP) is 2.79. The van der Waals surface area contributed by atoms with E-state index in [2.05, 4.69) is 15.3 Å². The molecule has 0 aliphatic carbocycles. The number of hydrogen-bond donors (Lipinski definition) is 2. The van der Waals surface area contributed by atoms with E-state index in [0.29, 0.717) is 13.0 Å². The Morgan fingerprint density at radius 3 is 2.74 bits per heavy atom.